The molecule has 2 aromatic rings. The van der Waals surface area contributed by atoms with E-state index in [1.54, 1.807) is 20.3 Å². The average Bonchev–Trinajstić information content (AvgIpc) is 2.49. The van der Waals surface area contributed by atoms with Gasteiger partial charge in [0.15, 0.2) is 11.5 Å². The molecular formula is C16H15Br2ClO2. The Kier molecular flexibility index (Phi) is 5.58. The summed E-state index contributed by atoms with van der Waals surface area (Å²) in [6.07, 6.45) is 0. The molecule has 0 saturated carbocycles. The Morgan fingerprint density at radius 1 is 1.05 bits per heavy atom. The van der Waals surface area contributed by atoms with Crippen molar-refractivity contribution in [2.45, 2.75) is 11.8 Å². The second kappa shape index (κ2) is 7.03. The van der Waals surface area contributed by atoms with Crippen LogP contribution in [0.25, 0.3) is 0 Å². The highest BCUT2D eigenvalue weighted by Crippen LogP contribution is 2.42. The molecule has 2 nitrogen and oxygen atoms in total. The van der Waals surface area contributed by atoms with Crippen molar-refractivity contribution in [2.24, 2.45) is 0 Å². The molecule has 0 aliphatic heterocycles. The van der Waals surface area contributed by atoms with Gasteiger partial charge in [0.2, 0.25) is 0 Å². The van der Waals surface area contributed by atoms with Crippen LogP contribution in [-0.2, 0) is 0 Å². The fourth-order valence-electron chi connectivity index (χ4n) is 2.13. The molecule has 0 aromatic heterocycles. The zero-order valence-corrected chi connectivity index (χ0v) is 15.8. The van der Waals surface area contributed by atoms with Crippen LogP contribution in [0, 0.1) is 6.92 Å². The van der Waals surface area contributed by atoms with Crippen LogP contribution in [0.2, 0.25) is 5.02 Å². The minimum absolute atomic E-state index is 0.0256. The summed E-state index contributed by atoms with van der Waals surface area (Å²) in [5.41, 5.74) is 3.26. The van der Waals surface area contributed by atoms with Crippen LogP contribution in [0.4, 0.5) is 0 Å². The first-order valence-corrected chi connectivity index (χ1v) is 8.38. The van der Waals surface area contributed by atoms with Gasteiger partial charge in [-0.15, -0.1) is 0 Å². The predicted octanol–water partition coefficient (Wildman–Crippen LogP) is 5.91. The molecule has 1 atom stereocenters. The smallest absolute Gasteiger partial charge is 0.162 e. The topological polar surface area (TPSA) is 18.5 Å². The van der Waals surface area contributed by atoms with E-state index in [0.29, 0.717) is 16.5 Å². The monoisotopic (exact) mass is 432 g/mol. The number of alkyl halides is 1. The second-order valence-electron chi connectivity index (χ2n) is 4.55. The summed E-state index contributed by atoms with van der Waals surface area (Å²) in [6, 6.07) is 9.79. The SMILES string of the molecule is COc1cc(Cl)c(C(Br)c2cccc(Br)c2C)cc1OC. The van der Waals surface area contributed by atoms with Crippen molar-refractivity contribution in [3.8, 4) is 11.5 Å². The third-order valence-corrected chi connectivity index (χ3v) is 5.53. The van der Waals surface area contributed by atoms with Gasteiger partial charge < -0.3 is 9.47 Å². The number of ether oxygens (including phenoxy) is 2. The van der Waals surface area contributed by atoms with Crippen LogP contribution in [-0.4, -0.2) is 14.2 Å². The Morgan fingerprint density at radius 3 is 2.29 bits per heavy atom. The van der Waals surface area contributed by atoms with Crippen LogP contribution >= 0.6 is 43.5 Å². The van der Waals surface area contributed by atoms with Crippen LogP contribution in [0.15, 0.2) is 34.8 Å². The average molecular weight is 435 g/mol. The fraction of sp³-hybridized carbons (Fsp3) is 0.250. The lowest BCUT2D eigenvalue weighted by Gasteiger charge is -2.18. The van der Waals surface area contributed by atoms with E-state index in [9.17, 15) is 0 Å². The van der Waals surface area contributed by atoms with Gasteiger partial charge in [-0.1, -0.05) is 55.6 Å². The molecule has 21 heavy (non-hydrogen) atoms. The fourth-order valence-corrected chi connectivity index (χ4v) is 3.78. The number of hydrogen-bond donors (Lipinski definition) is 0. The van der Waals surface area contributed by atoms with Crippen molar-refractivity contribution in [2.75, 3.05) is 14.2 Å². The highest BCUT2D eigenvalue weighted by atomic mass is 79.9. The highest BCUT2D eigenvalue weighted by molar-refractivity contribution is 9.10. The molecular weight excluding hydrogens is 419 g/mol. The Balaban J connectivity index is 2.53. The van der Waals surface area contributed by atoms with E-state index in [0.717, 1.165) is 15.6 Å². The first-order valence-electron chi connectivity index (χ1n) is 6.30. The number of rotatable bonds is 4. The third kappa shape index (κ3) is 3.38. The summed E-state index contributed by atoms with van der Waals surface area (Å²) in [6.45, 7) is 2.07. The lowest BCUT2D eigenvalue weighted by Crippen LogP contribution is -1.99. The molecule has 0 aliphatic rings. The molecule has 0 aliphatic carbocycles. The molecule has 0 spiro atoms. The minimum Gasteiger partial charge on any atom is -0.493 e. The van der Waals surface area contributed by atoms with Crippen LogP contribution in [0.3, 0.4) is 0 Å². The highest BCUT2D eigenvalue weighted by Gasteiger charge is 2.19. The second-order valence-corrected chi connectivity index (χ2v) is 6.72. The lowest BCUT2D eigenvalue weighted by molar-refractivity contribution is 0.354. The molecule has 0 fully saturated rings. The van der Waals surface area contributed by atoms with Crippen molar-refractivity contribution in [1.82, 2.24) is 0 Å². The molecule has 0 radical (unpaired) electrons. The summed E-state index contributed by atoms with van der Waals surface area (Å²) < 4.78 is 11.7. The van der Waals surface area contributed by atoms with Crippen molar-refractivity contribution >= 4 is 43.5 Å². The lowest BCUT2D eigenvalue weighted by atomic mass is 10.00. The molecule has 2 rings (SSSR count). The molecule has 0 amide bonds. The maximum absolute atomic E-state index is 6.40. The summed E-state index contributed by atoms with van der Waals surface area (Å²) in [5, 5.41) is 0.633. The molecule has 112 valence electrons. The van der Waals surface area contributed by atoms with Gasteiger partial charge in [0, 0.05) is 15.6 Å². The normalized spacial score (nSPS) is 12.1. The summed E-state index contributed by atoms with van der Waals surface area (Å²) in [5.74, 6) is 1.28. The number of halogens is 3. The Labute approximate surface area is 146 Å². The van der Waals surface area contributed by atoms with Crippen LogP contribution in [0.1, 0.15) is 21.5 Å². The maximum atomic E-state index is 6.40. The minimum atomic E-state index is -0.0256. The van der Waals surface area contributed by atoms with Gasteiger partial charge in [-0.2, -0.15) is 0 Å². The van der Waals surface area contributed by atoms with Crippen molar-refractivity contribution in [3.63, 3.8) is 0 Å². The number of benzene rings is 2. The molecule has 0 heterocycles. The predicted molar refractivity (Wildman–Crippen MR) is 94.2 cm³/mol. The van der Waals surface area contributed by atoms with E-state index in [1.807, 2.05) is 18.2 Å². The summed E-state index contributed by atoms with van der Waals surface area (Å²) in [4.78, 5) is -0.0256. The standard InChI is InChI=1S/C16H15Br2ClO2/c1-9-10(5-4-6-12(9)17)16(18)11-7-14(20-2)15(21-3)8-13(11)19/h4-8,16H,1-3H3. The molecule has 2 aromatic carbocycles. The van der Waals surface area contributed by atoms with Crippen molar-refractivity contribution in [1.29, 1.82) is 0 Å². The van der Waals surface area contributed by atoms with Gasteiger partial charge in [-0.05, 0) is 35.7 Å². The van der Waals surface area contributed by atoms with Gasteiger partial charge >= 0.3 is 0 Å². The van der Waals surface area contributed by atoms with Crippen LogP contribution < -0.4 is 9.47 Å². The van der Waals surface area contributed by atoms with Gasteiger partial charge in [0.25, 0.3) is 0 Å². The Bertz CT molecular complexity index is 659. The number of methoxy groups -OCH3 is 2. The van der Waals surface area contributed by atoms with Gasteiger partial charge in [-0.3, -0.25) is 0 Å². The summed E-state index contributed by atoms with van der Waals surface area (Å²) in [7, 11) is 3.21. The number of hydrogen-bond acceptors (Lipinski definition) is 2. The van der Waals surface area contributed by atoms with Crippen molar-refractivity contribution < 1.29 is 9.47 Å². The zero-order valence-electron chi connectivity index (χ0n) is 11.9. The third-order valence-electron chi connectivity index (χ3n) is 3.36. The van der Waals surface area contributed by atoms with E-state index >= 15 is 0 Å². The van der Waals surface area contributed by atoms with E-state index in [2.05, 4.69) is 44.8 Å². The van der Waals surface area contributed by atoms with E-state index in [4.69, 9.17) is 21.1 Å². The maximum Gasteiger partial charge on any atom is 0.162 e. The van der Waals surface area contributed by atoms with Gasteiger partial charge in [0.1, 0.15) is 0 Å². The van der Waals surface area contributed by atoms with E-state index in [1.165, 1.54) is 5.56 Å². The quantitative estimate of drug-likeness (QED) is 0.557. The van der Waals surface area contributed by atoms with Crippen LogP contribution in [0.5, 0.6) is 11.5 Å². The van der Waals surface area contributed by atoms with E-state index in [-0.39, 0.29) is 4.83 Å². The molecule has 0 bridgehead atoms. The molecule has 0 N–H and O–H groups in total. The first-order chi connectivity index (χ1) is 9.99. The zero-order chi connectivity index (χ0) is 15.6. The summed E-state index contributed by atoms with van der Waals surface area (Å²) >= 11 is 13.7. The molecule has 1 unspecified atom stereocenters. The first kappa shape index (κ1) is 16.7. The largest absolute Gasteiger partial charge is 0.493 e. The molecule has 5 heteroatoms. The molecule has 0 saturated heterocycles. The van der Waals surface area contributed by atoms with Gasteiger partial charge in [-0.25, -0.2) is 0 Å². The van der Waals surface area contributed by atoms with E-state index < -0.39 is 0 Å². The Hall–Kier alpha value is -0.710. The van der Waals surface area contributed by atoms with Gasteiger partial charge in [0.05, 0.1) is 19.0 Å². The van der Waals surface area contributed by atoms with Crippen molar-refractivity contribution in [3.05, 3.63) is 56.5 Å². The Morgan fingerprint density at radius 2 is 1.67 bits per heavy atom.